The smallest absolute Gasteiger partial charge is 0.256 e. The summed E-state index contributed by atoms with van der Waals surface area (Å²) in [5, 5.41) is 1.05. The first-order chi connectivity index (χ1) is 12.2. The number of hydrogen-bond acceptors (Lipinski definition) is 2. The van der Waals surface area contributed by atoms with E-state index >= 15 is 0 Å². The van der Waals surface area contributed by atoms with Gasteiger partial charge in [-0.05, 0) is 49.4 Å². The van der Waals surface area contributed by atoms with Crippen LogP contribution < -0.4 is 0 Å². The largest absolute Gasteiger partial charge is 0.350 e. The molecule has 0 spiro atoms. The molecule has 0 N–H and O–H groups in total. The Morgan fingerprint density at radius 3 is 2.84 bits per heavy atom. The molecule has 4 nitrogen and oxygen atoms in total. The predicted molar refractivity (Wildman–Crippen MR) is 99.5 cm³/mol. The van der Waals surface area contributed by atoms with E-state index in [2.05, 4.69) is 28.1 Å². The fourth-order valence-electron chi connectivity index (χ4n) is 3.95. The molecule has 1 aliphatic rings. The Balaban J connectivity index is 1.54. The Morgan fingerprint density at radius 1 is 1.20 bits per heavy atom. The van der Waals surface area contributed by atoms with Crippen LogP contribution in [0.15, 0.2) is 55.0 Å². The van der Waals surface area contributed by atoms with Gasteiger partial charge in [-0.15, -0.1) is 0 Å². The van der Waals surface area contributed by atoms with E-state index in [0.29, 0.717) is 6.04 Å². The molecule has 0 bridgehead atoms. The van der Waals surface area contributed by atoms with Crippen LogP contribution in [0.4, 0.5) is 0 Å². The van der Waals surface area contributed by atoms with Gasteiger partial charge < -0.3 is 9.47 Å². The van der Waals surface area contributed by atoms with Crippen molar-refractivity contribution in [3.63, 3.8) is 0 Å². The summed E-state index contributed by atoms with van der Waals surface area (Å²) in [7, 11) is 2.00. The van der Waals surface area contributed by atoms with Crippen molar-refractivity contribution < 1.29 is 4.79 Å². The van der Waals surface area contributed by atoms with Crippen molar-refractivity contribution in [2.75, 3.05) is 6.54 Å². The average Bonchev–Trinajstić information content (AvgIpc) is 3.25. The zero-order valence-corrected chi connectivity index (χ0v) is 14.6. The third-order valence-electron chi connectivity index (χ3n) is 5.28. The van der Waals surface area contributed by atoms with E-state index < -0.39 is 0 Å². The summed E-state index contributed by atoms with van der Waals surface area (Å²) in [6.07, 6.45) is 9.85. The van der Waals surface area contributed by atoms with Crippen LogP contribution in [0.2, 0.25) is 0 Å². The number of rotatable bonds is 4. The van der Waals surface area contributed by atoms with Gasteiger partial charge in [-0.1, -0.05) is 18.2 Å². The van der Waals surface area contributed by atoms with Crippen molar-refractivity contribution >= 4 is 16.8 Å². The van der Waals surface area contributed by atoms with Gasteiger partial charge in [-0.3, -0.25) is 9.78 Å². The number of nitrogens with zero attached hydrogens (tertiary/aromatic N) is 3. The summed E-state index contributed by atoms with van der Waals surface area (Å²) in [6.45, 7) is 0.864. The lowest BCUT2D eigenvalue weighted by Crippen LogP contribution is -2.35. The van der Waals surface area contributed by atoms with Gasteiger partial charge in [-0.2, -0.15) is 0 Å². The highest BCUT2D eigenvalue weighted by atomic mass is 16.2. The van der Waals surface area contributed by atoms with E-state index in [4.69, 9.17) is 0 Å². The number of carbonyl (C=O) groups is 1. The van der Waals surface area contributed by atoms with Gasteiger partial charge in [0.2, 0.25) is 0 Å². The molecule has 2 aromatic heterocycles. The highest BCUT2D eigenvalue weighted by Crippen LogP contribution is 2.27. The number of amides is 1. The lowest BCUT2D eigenvalue weighted by atomic mass is 10.0. The average molecular weight is 333 g/mol. The van der Waals surface area contributed by atoms with Gasteiger partial charge in [0.1, 0.15) is 0 Å². The summed E-state index contributed by atoms with van der Waals surface area (Å²) in [5.41, 5.74) is 3.23. The van der Waals surface area contributed by atoms with Crippen molar-refractivity contribution in [2.45, 2.75) is 31.7 Å². The Morgan fingerprint density at radius 2 is 2.00 bits per heavy atom. The van der Waals surface area contributed by atoms with Crippen LogP contribution in [0, 0.1) is 0 Å². The van der Waals surface area contributed by atoms with Crippen LogP contribution in [-0.4, -0.2) is 32.9 Å². The summed E-state index contributed by atoms with van der Waals surface area (Å²) in [4.78, 5) is 19.4. The zero-order valence-electron chi connectivity index (χ0n) is 14.6. The second-order valence-corrected chi connectivity index (χ2v) is 6.86. The number of hydrogen-bond donors (Lipinski definition) is 0. The summed E-state index contributed by atoms with van der Waals surface area (Å²) in [6, 6.07) is 12.6. The number of aromatic nitrogens is 2. The quantitative estimate of drug-likeness (QED) is 0.728. The second kappa shape index (κ2) is 6.71. The number of fused-ring (bicyclic) bond motifs is 1. The molecule has 0 saturated carbocycles. The van der Waals surface area contributed by atoms with Crippen molar-refractivity contribution in [1.82, 2.24) is 14.5 Å². The maximum absolute atomic E-state index is 13.2. The fraction of sp³-hybridized carbons (Fsp3) is 0.333. The van der Waals surface area contributed by atoms with Crippen molar-refractivity contribution in [1.29, 1.82) is 0 Å². The van der Waals surface area contributed by atoms with Crippen LogP contribution in [0.1, 0.15) is 35.2 Å². The Labute approximate surface area is 148 Å². The van der Waals surface area contributed by atoms with E-state index in [1.54, 1.807) is 0 Å². The minimum absolute atomic E-state index is 0.175. The van der Waals surface area contributed by atoms with Crippen LogP contribution in [0.5, 0.6) is 0 Å². The molecule has 4 rings (SSSR count). The number of carbonyl (C=O) groups excluding carboxylic acids is 1. The molecule has 25 heavy (non-hydrogen) atoms. The van der Waals surface area contributed by atoms with Gasteiger partial charge in [0.15, 0.2) is 0 Å². The van der Waals surface area contributed by atoms with Crippen LogP contribution in [0.25, 0.3) is 10.9 Å². The molecule has 1 saturated heterocycles. The molecule has 1 aliphatic heterocycles. The fourth-order valence-corrected chi connectivity index (χ4v) is 3.95. The standard InChI is InChI=1S/C21H23N3O/c1-23-15-19(18-6-2-3-7-20(18)23)21(25)24-14-4-5-17(24)9-8-16-10-12-22-13-11-16/h2-3,6-7,10-13,15,17H,4-5,8-9,14H2,1H3. The zero-order chi connectivity index (χ0) is 17.2. The van der Waals surface area contributed by atoms with Gasteiger partial charge in [-0.25, -0.2) is 0 Å². The molecule has 0 aliphatic carbocycles. The summed E-state index contributed by atoms with van der Waals surface area (Å²) >= 11 is 0. The number of likely N-dealkylation sites (tertiary alicyclic amines) is 1. The molecule has 1 unspecified atom stereocenters. The highest BCUT2D eigenvalue weighted by molar-refractivity contribution is 6.07. The first-order valence-corrected chi connectivity index (χ1v) is 8.98. The maximum Gasteiger partial charge on any atom is 0.256 e. The minimum Gasteiger partial charge on any atom is -0.350 e. The summed E-state index contributed by atoms with van der Waals surface area (Å²) in [5.74, 6) is 0.175. The van der Waals surface area contributed by atoms with Crippen LogP contribution in [0.3, 0.4) is 0 Å². The van der Waals surface area contributed by atoms with E-state index in [0.717, 1.165) is 48.7 Å². The molecule has 1 atom stereocenters. The molecule has 4 heteroatoms. The third kappa shape index (κ3) is 3.04. The Hall–Kier alpha value is -2.62. The number of para-hydroxylation sites is 1. The molecule has 128 valence electrons. The molecular formula is C21H23N3O. The third-order valence-corrected chi connectivity index (χ3v) is 5.28. The molecule has 1 fully saturated rings. The second-order valence-electron chi connectivity index (χ2n) is 6.86. The Kier molecular flexibility index (Phi) is 4.26. The van der Waals surface area contributed by atoms with E-state index in [1.165, 1.54) is 5.56 Å². The van der Waals surface area contributed by atoms with Crippen molar-refractivity contribution in [3.8, 4) is 0 Å². The first-order valence-electron chi connectivity index (χ1n) is 8.98. The monoisotopic (exact) mass is 333 g/mol. The first kappa shape index (κ1) is 15.9. The maximum atomic E-state index is 13.2. The topological polar surface area (TPSA) is 38.1 Å². The molecule has 3 aromatic rings. The predicted octanol–water partition coefficient (Wildman–Crippen LogP) is 3.81. The minimum atomic E-state index is 0.175. The van der Waals surface area contributed by atoms with Gasteiger partial charge in [0, 0.05) is 49.1 Å². The summed E-state index contributed by atoms with van der Waals surface area (Å²) < 4.78 is 2.05. The number of benzene rings is 1. The molecule has 3 heterocycles. The van der Waals surface area contributed by atoms with Gasteiger partial charge >= 0.3 is 0 Å². The van der Waals surface area contributed by atoms with Crippen molar-refractivity contribution in [2.24, 2.45) is 7.05 Å². The Bertz CT molecular complexity index is 885. The molecule has 1 aromatic carbocycles. The highest BCUT2D eigenvalue weighted by Gasteiger charge is 2.30. The van der Waals surface area contributed by atoms with Crippen molar-refractivity contribution in [3.05, 3.63) is 66.1 Å². The van der Waals surface area contributed by atoms with Crippen LogP contribution >= 0.6 is 0 Å². The van der Waals surface area contributed by atoms with Gasteiger partial charge in [0.25, 0.3) is 5.91 Å². The van der Waals surface area contributed by atoms with E-state index in [9.17, 15) is 4.79 Å². The van der Waals surface area contributed by atoms with Crippen LogP contribution in [-0.2, 0) is 13.5 Å². The molecular weight excluding hydrogens is 310 g/mol. The van der Waals surface area contributed by atoms with E-state index in [-0.39, 0.29) is 5.91 Å². The SMILES string of the molecule is Cn1cc(C(=O)N2CCCC2CCc2ccncc2)c2ccccc21. The molecule has 1 amide bonds. The lowest BCUT2D eigenvalue weighted by molar-refractivity contribution is 0.0732. The lowest BCUT2D eigenvalue weighted by Gasteiger charge is -2.24. The normalized spacial score (nSPS) is 17.3. The number of pyridine rings is 1. The molecule has 0 radical (unpaired) electrons. The van der Waals surface area contributed by atoms with E-state index in [1.807, 2.05) is 48.4 Å². The number of aryl methyl sites for hydroxylation is 2. The van der Waals surface area contributed by atoms with Gasteiger partial charge in [0.05, 0.1) is 5.56 Å².